The van der Waals surface area contributed by atoms with Crippen molar-refractivity contribution in [3.8, 4) is 11.3 Å². The Bertz CT molecular complexity index is 958. The fourth-order valence-corrected chi connectivity index (χ4v) is 4.91. The quantitative estimate of drug-likeness (QED) is 0.877. The van der Waals surface area contributed by atoms with Crippen LogP contribution in [0.4, 0.5) is 0 Å². The fraction of sp³-hybridized carbons (Fsp3) is 0.364. The van der Waals surface area contributed by atoms with E-state index in [4.69, 9.17) is 10.7 Å². The zero-order valence-corrected chi connectivity index (χ0v) is 14.9. The van der Waals surface area contributed by atoms with E-state index in [0.29, 0.717) is 5.56 Å². The molecule has 132 valence electrons. The summed E-state index contributed by atoms with van der Waals surface area (Å²) in [7, 11) is 0. The van der Waals surface area contributed by atoms with Gasteiger partial charge in [0, 0.05) is 23.9 Å². The summed E-state index contributed by atoms with van der Waals surface area (Å²) >= 11 is 0. The van der Waals surface area contributed by atoms with Gasteiger partial charge in [-0.15, -0.1) is 0 Å². The number of rotatable bonds is 2. The van der Waals surface area contributed by atoms with Crippen molar-refractivity contribution in [3.63, 3.8) is 0 Å². The van der Waals surface area contributed by atoms with Crippen molar-refractivity contribution in [2.45, 2.75) is 45.1 Å². The predicted molar refractivity (Wildman–Crippen MR) is 103 cm³/mol. The number of carbonyl (C=O) groups is 1. The van der Waals surface area contributed by atoms with E-state index in [2.05, 4.69) is 23.5 Å². The first-order valence-corrected chi connectivity index (χ1v) is 9.59. The Kier molecular flexibility index (Phi) is 3.68. The van der Waals surface area contributed by atoms with Gasteiger partial charge in [-0.05, 0) is 67.3 Å². The number of allylic oxidation sites excluding steroid dienone is 2. The molecule has 0 atom stereocenters. The third-order valence-electron chi connectivity index (χ3n) is 6.12. The third-order valence-corrected chi connectivity index (χ3v) is 6.12. The van der Waals surface area contributed by atoms with Crippen LogP contribution in [0.3, 0.4) is 0 Å². The monoisotopic (exact) mass is 345 g/mol. The Balaban J connectivity index is 1.76. The highest BCUT2D eigenvalue weighted by molar-refractivity contribution is 5.99. The topological polar surface area (TPSA) is 68.0 Å². The molecule has 2 aromatic rings. The Morgan fingerprint density at radius 2 is 2.00 bits per heavy atom. The number of pyridine rings is 1. The molecule has 0 spiro atoms. The van der Waals surface area contributed by atoms with Crippen molar-refractivity contribution >= 4 is 11.5 Å². The SMILES string of the molecule is NC(=O)c1cnc(-c2cccc3c2CCNC3)c2c1CC1=C2CCCC1. The van der Waals surface area contributed by atoms with E-state index in [9.17, 15) is 4.79 Å². The lowest BCUT2D eigenvalue weighted by Gasteiger charge is -2.22. The molecule has 4 nitrogen and oxygen atoms in total. The maximum Gasteiger partial charge on any atom is 0.250 e. The van der Waals surface area contributed by atoms with Crippen molar-refractivity contribution in [1.29, 1.82) is 0 Å². The fourth-order valence-electron chi connectivity index (χ4n) is 4.91. The van der Waals surface area contributed by atoms with Crippen molar-refractivity contribution in [3.05, 3.63) is 57.8 Å². The summed E-state index contributed by atoms with van der Waals surface area (Å²) in [4.78, 5) is 16.8. The molecule has 0 saturated heterocycles. The van der Waals surface area contributed by atoms with Gasteiger partial charge in [0.25, 0.3) is 5.91 Å². The summed E-state index contributed by atoms with van der Waals surface area (Å²) in [6.45, 7) is 1.91. The van der Waals surface area contributed by atoms with Crippen molar-refractivity contribution in [1.82, 2.24) is 10.3 Å². The summed E-state index contributed by atoms with van der Waals surface area (Å²) < 4.78 is 0. The van der Waals surface area contributed by atoms with Gasteiger partial charge in [-0.2, -0.15) is 0 Å². The normalized spacial score (nSPS) is 18.3. The molecular weight excluding hydrogens is 322 g/mol. The van der Waals surface area contributed by atoms with Crippen LogP contribution in [0.5, 0.6) is 0 Å². The molecule has 0 unspecified atom stereocenters. The Morgan fingerprint density at radius 3 is 2.88 bits per heavy atom. The summed E-state index contributed by atoms with van der Waals surface area (Å²) in [6, 6.07) is 6.52. The van der Waals surface area contributed by atoms with E-state index in [0.717, 1.165) is 50.0 Å². The van der Waals surface area contributed by atoms with E-state index < -0.39 is 0 Å². The van der Waals surface area contributed by atoms with E-state index in [1.165, 1.54) is 46.2 Å². The first-order valence-electron chi connectivity index (χ1n) is 9.59. The maximum atomic E-state index is 12.0. The van der Waals surface area contributed by atoms with Gasteiger partial charge in [0.1, 0.15) is 0 Å². The molecule has 2 heterocycles. The van der Waals surface area contributed by atoms with E-state index in [1.54, 1.807) is 6.20 Å². The number of hydrogen-bond donors (Lipinski definition) is 2. The zero-order valence-electron chi connectivity index (χ0n) is 14.9. The number of hydrogen-bond acceptors (Lipinski definition) is 3. The average Bonchev–Trinajstić information content (AvgIpc) is 3.06. The summed E-state index contributed by atoms with van der Waals surface area (Å²) in [6.07, 6.45) is 8.29. The predicted octanol–water partition coefficient (Wildman–Crippen LogP) is 3.38. The van der Waals surface area contributed by atoms with Gasteiger partial charge in [0.15, 0.2) is 0 Å². The Morgan fingerprint density at radius 1 is 1.12 bits per heavy atom. The van der Waals surface area contributed by atoms with Crippen LogP contribution in [0.2, 0.25) is 0 Å². The summed E-state index contributed by atoms with van der Waals surface area (Å²) in [5, 5.41) is 3.45. The molecule has 5 rings (SSSR count). The van der Waals surface area contributed by atoms with Crippen molar-refractivity contribution in [2.75, 3.05) is 6.54 Å². The lowest BCUT2D eigenvalue weighted by atomic mass is 9.87. The number of primary amides is 1. The van der Waals surface area contributed by atoms with Gasteiger partial charge >= 0.3 is 0 Å². The number of carbonyl (C=O) groups excluding carboxylic acids is 1. The smallest absolute Gasteiger partial charge is 0.250 e. The van der Waals surface area contributed by atoms with Crippen LogP contribution < -0.4 is 11.1 Å². The number of aromatic nitrogens is 1. The molecule has 3 N–H and O–H groups in total. The van der Waals surface area contributed by atoms with Crippen LogP contribution in [0.25, 0.3) is 16.8 Å². The first-order chi connectivity index (χ1) is 12.7. The van der Waals surface area contributed by atoms with Gasteiger partial charge in [-0.3, -0.25) is 9.78 Å². The van der Waals surface area contributed by atoms with Crippen LogP contribution in [0.15, 0.2) is 30.0 Å². The second kappa shape index (κ2) is 6.06. The Labute approximate surface area is 153 Å². The molecule has 0 bridgehead atoms. The second-order valence-corrected chi connectivity index (χ2v) is 7.57. The third kappa shape index (κ3) is 2.32. The van der Waals surface area contributed by atoms with Crippen LogP contribution >= 0.6 is 0 Å². The number of benzene rings is 1. The molecular formula is C22H23N3O. The molecule has 0 fully saturated rings. The summed E-state index contributed by atoms with van der Waals surface area (Å²) in [5.41, 5.74) is 16.6. The van der Waals surface area contributed by atoms with Crippen LogP contribution in [-0.2, 0) is 19.4 Å². The van der Waals surface area contributed by atoms with Gasteiger partial charge in [0.2, 0.25) is 0 Å². The Hall–Kier alpha value is -2.46. The molecule has 3 aliphatic rings. The number of nitrogens with zero attached hydrogens (tertiary/aromatic N) is 1. The second-order valence-electron chi connectivity index (χ2n) is 7.57. The van der Waals surface area contributed by atoms with Crippen LogP contribution in [-0.4, -0.2) is 17.4 Å². The standard InChI is InChI=1S/C22H23N3O/c23-22(26)19-12-25-21(17-7-3-5-14-11-24-9-8-15(14)17)20-16-6-2-1-4-13(16)10-18(19)20/h3,5,7,12,24H,1-2,4,6,8-11H2,(H2,23,26). The molecule has 1 aliphatic heterocycles. The van der Waals surface area contributed by atoms with E-state index in [1.807, 2.05) is 0 Å². The van der Waals surface area contributed by atoms with Crippen LogP contribution in [0.1, 0.15) is 58.3 Å². The molecule has 1 aromatic heterocycles. The number of nitrogens with one attached hydrogen (secondary N) is 1. The van der Waals surface area contributed by atoms with Crippen LogP contribution in [0, 0.1) is 0 Å². The highest BCUT2D eigenvalue weighted by Gasteiger charge is 2.31. The molecule has 0 saturated carbocycles. The number of fused-ring (bicyclic) bond motifs is 3. The minimum atomic E-state index is -0.362. The number of nitrogens with two attached hydrogens (primary N) is 1. The molecule has 4 heteroatoms. The van der Waals surface area contributed by atoms with E-state index in [-0.39, 0.29) is 5.91 Å². The summed E-state index contributed by atoms with van der Waals surface area (Å²) in [5.74, 6) is -0.362. The lowest BCUT2D eigenvalue weighted by Crippen LogP contribution is -2.24. The highest BCUT2D eigenvalue weighted by Crippen LogP contribution is 2.46. The van der Waals surface area contributed by atoms with Crippen molar-refractivity contribution in [2.24, 2.45) is 5.73 Å². The molecule has 1 aromatic carbocycles. The maximum absolute atomic E-state index is 12.0. The lowest BCUT2D eigenvalue weighted by molar-refractivity contribution is 0.0999. The van der Waals surface area contributed by atoms with Gasteiger partial charge < -0.3 is 11.1 Å². The average molecular weight is 345 g/mol. The molecule has 2 aliphatic carbocycles. The number of amides is 1. The first kappa shape index (κ1) is 15.8. The minimum Gasteiger partial charge on any atom is -0.366 e. The molecule has 26 heavy (non-hydrogen) atoms. The van der Waals surface area contributed by atoms with Gasteiger partial charge in [-0.1, -0.05) is 23.8 Å². The minimum absolute atomic E-state index is 0.362. The zero-order chi connectivity index (χ0) is 17.7. The van der Waals surface area contributed by atoms with Gasteiger partial charge in [0.05, 0.1) is 11.3 Å². The van der Waals surface area contributed by atoms with Gasteiger partial charge in [-0.25, -0.2) is 0 Å². The largest absolute Gasteiger partial charge is 0.366 e. The highest BCUT2D eigenvalue weighted by atomic mass is 16.1. The van der Waals surface area contributed by atoms with E-state index >= 15 is 0 Å². The van der Waals surface area contributed by atoms with Crippen molar-refractivity contribution < 1.29 is 4.79 Å². The molecule has 1 amide bonds. The molecule has 0 radical (unpaired) electrons.